The summed E-state index contributed by atoms with van der Waals surface area (Å²) in [5.74, 6) is 0.358. The van der Waals surface area contributed by atoms with Gasteiger partial charge in [-0.25, -0.2) is 0 Å². The van der Waals surface area contributed by atoms with Crippen LogP contribution in [0.25, 0.3) is 0 Å². The molecule has 1 aliphatic rings. The Kier molecular flexibility index (Phi) is 3.53. The normalized spacial score (nSPS) is 25.3. The molecule has 12 heavy (non-hydrogen) atoms. The zero-order valence-electron chi connectivity index (χ0n) is 7.89. The molecule has 0 spiro atoms. The van der Waals surface area contributed by atoms with Crippen molar-refractivity contribution in [1.29, 1.82) is 0 Å². The minimum absolute atomic E-state index is 0.158. The van der Waals surface area contributed by atoms with Crippen LogP contribution in [0.15, 0.2) is 0 Å². The van der Waals surface area contributed by atoms with Gasteiger partial charge in [0, 0.05) is 18.5 Å². The Labute approximate surface area is 73.9 Å². The molecule has 3 nitrogen and oxygen atoms in total. The molecule has 3 heteroatoms. The first kappa shape index (κ1) is 9.52. The van der Waals surface area contributed by atoms with Crippen molar-refractivity contribution >= 4 is 5.91 Å². The summed E-state index contributed by atoms with van der Waals surface area (Å²) >= 11 is 0. The van der Waals surface area contributed by atoms with Gasteiger partial charge in [0.15, 0.2) is 0 Å². The van der Waals surface area contributed by atoms with Crippen LogP contribution in [-0.2, 0) is 4.79 Å². The third-order valence-corrected chi connectivity index (χ3v) is 2.47. The highest BCUT2D eigenvalue weighted by Crippen LogP contribution is 2.03. The van der Waals surface area contributed by atoms with Gasteiger partial charge in [-0.1, -0.05) is 13.8 Å². The van der Waals surface area contributed by atoms with Crippen LogP contribution in [0, 0.1) is 5.92 Å². The number of carbonyl (C=O) groups excluding carboxylic acids is 1. The van der Waals surface area contributed by atoms with Gasteiger partial charge < -0.3 is 10.6 Å². The summed E-state index contributed by atoms with van der Waals surface area (Å²) < 4.78 is 0. The fourth-order valence-electron chi connectivity index (χ4n) is 1.31. The minimum atomic E-state index is 0.158. The van der Waals surface area contributed by atoms with Gasteiger partial charge in [0.2, 0.25) is 5.91 Å². The van der Waals surface area contributed by atoms with Gasteiger partial charge in [-0.15, -0.1) is 0 Å². The van der Waals surface area contributed by atoms with Gasteiger partial charge in [0.05, 0.1) is 0 Å². The van der Waals surface area contributed by atoms with E-state index in [1.807, 2.05) is 13.8 Å². The van der Waals surface area contributed by atoms with E-state index in [9.17, 15) is 4.79 Å². The molecule has 2 atom stereocenters. The van der Waals surface area contributed by atoms with Crippen LogP contribution in [0.3, 0.4) is 0 Å². The summed E-state index contributed by atoms with van der Waals surface area (Å²) in [5.41, 5.74) is 0. The standard InChI is InChI=1S/C9H18N2O/c1-3-7(2)9(12)11-8-4-5-10-6-8/h7-8,10H,3-6H2,1-2H3,(H,11,12). The van der Waals surface area contributed by atoms with E-state index < -0.39 is 0 Å². The predicted molar refractivity (Wildman–Crippen MR) is 48.9 cm³/mol. The molecular formula is C9H18N2O. The van der Waals surface area contributed by atoms with E-state index >= 15 is 0 Å². The van der Waals surface area contributed by atoms with Gasteiger partial charge in [0.1, 0.15) is 0 Å². The molecule has 1 heterocycles. The van der Waals surface area contributed by atoms with Gasteiger partial charge in [-0.2, -0.15) is 0 Å². The minimum Gasteiger partial charge on any atom is -0.352 e. The second-order valence-electron chi connectivity index (χ2n) is 3.51. The van der Waals surface area contributed by atoms with Gasteiger partial charge in [-0.05, 0) is 19.4 Å². The molecule has 2 N–H and O–H groups in total. The van der Waals surface area contributed by atoms with Crippen LogP contribution in [0.5, 0.6) is 0 Å². The molecule has 0 aliphatic carbocycles. The molecule has 0 radical (unpaired) electrons. The maximum atomic E-state index is 11.4. The van der Waals surface area contributed by atoms with Crippen molar-refractivity contribution in [3.63, 3.8) is 0 Å². The van der Waals surface area contributed by atoms with Crippen LogP contribution < -0.4 is 10.6 Å². The molecular weight excluding hydrogens is 152 g/mol. The van der Waals surface area contributed by atoms with Gasteiger partial charge in [0.25, 0.3) is 0 Å². The molecule has 1 rings (SSSR count). The molecule has 2 unspecified atom stereocenters. The summed E-state index contributed by atoms with van der Waals surface area (Å²) in [6, 6.07) is 0.367. The van der Waals surface area contributed by atoms with Crippen molar-refractivity contribution < 1.29 is 4.79 Å². The van der Waals surface area contributed by atoms with Crippen molar-refractivity contribution in [1.82, 2.24) is 10.6 Å². The highest BCUT2D eigenvalue weighted by molar-refractivity contribution is 5.78. The van der Waals surface area contributed by atoms with Crippen LogP contribution in [0.4, 0.5) is 0 Å². The van der Waals surface area contributed by atoms with Crippen LogP contribution in [-0.4, -0.2) is 25.0 Å². The Morgan fingerprint density at radius 3 is 3.00 bits per heavy atom. The number of nitrogens with one attached hydrogen (secondary N) is 2. The zero-order chi connectivity index (χ0) is 8.97. The number of rotatable bonds is 3. The quantitative estimate of drug-likeness (QED) is 0.648. The van der Waals surface area contributed by atoms with Crippen molar-refractivity contribution in [3.8, 4) is 0 Å². The lowest BCUT2D eigenvalue weighted by molar-refractivity contribution is -0.125. The Bertz CT molecular complexity index is 153. The van der Waals surface area contributed by atoms with E-state index in [-0.39, 0.29) is 11.8 Å². The summed E-state index contributed by atoms with van der Waals surface area (Å²) in [6.07, 6.45) is 1.99. The monoisotopic (exact) mass is 170 g/mol. The largest absolute Gasteiger partial charge is 0.352 e. The first-order chi connectivity index (χ1) is 5.74. The van der Waals surface area contributed by atoms with E-state index in [4.69, 9.17) is 0 Å². The number of amides is 1. The van der Waals surface area contributed by atoms with E-state index in [0.29, 0.717) is 6.04 Å². The van der Waals surface area contributed by atoms with E-state index in [1.165, 1.54) is 0 Å². The highest BCUT2D eigenvalue weighted by Gasteiger charge is 2.18. The Morgan fingerprint density at radius 2 is 2.50 bits per heavy atom. The summed E-state index contributed by atoms with van der Waals surface area (Å²) in [5, 5.41) is 6.25. The van der Waals surface area contributed by atoms with Gasteiger partial charge in [-0.3, -0.25) is 4.79 Å². The van der Waals surface area contributed by atoms with E-state index in [2.05, 4.69) is 10.6 Å². The lowest BCUT2D eigenvalue weighted by Crippen LogP contribution is -2.39. The van der Waals surface area contributed by atoms with Crippen molar-refractivity contribution in [2.75, 3.05) is 13.1 Å². The lowest BCUT2D eigenvalue weighted by Gasteiger charge is -2.14. The summed E-state index contributed by atoms with van der Waals surface area (Å²) in [4.78, 5) is 11.4. The Morgan fingerprint density at radius 1 is 1.75 bits per heavy atom. The van der Waals surface area contributed by atoms with Crippen molar-refractivity contribution in [2.45, 2.75) is 32.7 Å². The Hall–Kier alpha value is -0.570. The highest BCUT2D eigenvalue weighted by atomic mass is 16.1. The zero-order valence-corrected chi connectivity index (χ0v) is 7.89. The van der Waals surface area contributed by atoms with Crippen LogP contribution >= 0.6 is 0 Å². The molecule has 0 aromatic rings. The van der Waals surface area contributed by atoms with E-state index in [1.54, 1.807) is 0 Å². The van der Waals surface area contributed by atoms with E-state index in [0.717, 1.165) is 25.9 Å². The smallest absolute Gasteiger partial charge is 0.223 e. The number of hydrogen-bond acceptors (Lipinski definition) is 2. The average Bonchev–Trinajstić information content (AvgIpc) is 2.55. The molecule has 0 aromatic carbocycles. The second kappa shape index (κ2) is 4.45. The number of carbonyl (C=O) groups is 1. The third-order valence-electron chi connectivity index (χ3n) is 2.47. The second-order valence-corrected chi connectivity index (χ2v) is 3.51. The maximum Gasteiger partial charge on any atom is 0.223 e. The predicted octanol–water partition coefficient (Wildman–Crippen LogP) is 0.511. The molecule has 70 valence electrons. The van der Waals surface area contributed by atoms with Crippen molar-refractivity contribution in [2.24, 2.45) is 5.92 Å². The SMILES string of the molecule is CCC(C)C(=O)NC1CCNC1. The average molecular weight is 170 g/mol. The molecule has 1 fully saturated rings. The maximum absolute atomic E-state index is 11.4. The Balaban J connectivity index is 2.25. The fraction of sp³-hybridized carbons (Fsp3) is 0.889. The third kappa shape index (κ3) is 2.48. The molecule has 1 aliphatic heterocycles. The topological polar surface area (TPSA) is 41.1 Å². The number of hydrogen-bond donors (Lipinski definition) is 2. The van der Waals surface area contributed by atoms with Gasteiger partial charge >= 0.3 is 0 Å². The summed E-state index contributed by atoms with van der Waals surface area (Å²) in [6.45, 7) is 5.97. The molecule has 1 saturated heterocycles. The lowest BCUT2D eigenvalue weighted by atomic mass is 10.1. The molecule has 1 amide bonds. The first-order valence-electron chi connectivity index (χ1n) is 4.75. The fourth-order valence-corrected chi connectivity index (χ4v) is 1.31. The summed E-state index contributed by atoms with van der Waals surface area (Å²) in [7, 11) is 0. The molecule has 0 bridgehead atoms. The van der Waals surface area contributed by atoms with Crippen LogP contribution in [0.2, 0.25) is 0 Å². The molecule has 0 aromatic heterocycles. The first-order valence-corrected chi connectivity index (χ1v) is 4.75. The van der Waals surface area contributed by atoms with Crippen molar-refractivity contribution in [3.05, 3.63) is 0 Å². The molecule has 0 saturated carbocycles. The van der Waals surface area contributed by atoms with Crippen LogP contribution in [0.1, 0.15) is 26.7 Å².